The van der Waals surface area contributed by atoms with Crippen LogP contribution in [0.2, 0.25) is 0 Å². The van der Waals surface area contributed by atoms with Crippen molar-refractivity contribution in [3.8, 4) is 6.07 Å². The summed E-state index contributed by atoms with van der Waals surface area (Å²) < 4.78 is 0. The summed E-state index contributed by atoms with van der Waals surface area (Å²) in [5.74, 6) is 0.495. The lowest BCUT2D eigenvalue weighted by Gasteiger charge is -2.24. The molecular formula is C13H23N5. The molecule has 0 spiro atoms. The highest BCUT2D eigenvalue weighted by Crippen LogP contribution is 2.24. The van der Waals surface area contributed by atoms with E-state index in [0.29, 0.717) is 12.5 Å². The Morgan fingerprint density at radius 3 is 2.56 bits per heavy atom. The summed E-state index contributed by atoms with van der Waals surface area (Å²) in [6, 6.07) is 2.36. The number of nitrogens with zero attached hydrogens (tertiary/aromatic N) is 4. The van der Waals surface area contributed by atoms with Gasteiger partial charge in [-0.05, 0) is 37.3 Å². The molecule has 1 aliphatic carbocycles. The average molecular weight is 249 g/mol. The van der Waals surface area contributed by atoms with Crippen molar-refractivity contribution in [2.24, 2.45) is 11.0 Å². The minimum Gasteiger partial charge on any atom is -0.302 e. The first-order valence-electron chi connectivity index (χ1n) is 7.02. The lowest BCUT2D eigenvalue weighted by molar-refractivity contribution is 0.322. The van der Waals surface area contributed by atoms with Gasteiger partial charge in [0.2, 0.25) is 0 Å². The van der Waals surface area contributed by atoms with E-state index in [2.05, 4.69) is 21.4 Å². The lowest BCUT2D eigenvalue weighted by atomic mass is 9.86. The fourth-order valence-corrected chi connectivity index (χ4v) is 2.59. The van der Waals surface area contributed by atoms with Gasteiger partial charge in [0.1, 0.15) is 0 Å². The molecule has 0 amide bonds. The van der Waals surface area contributed by atoms with Crippen molar-refractivity contribution >= 4 is 0 Å². The molecule has 0 saturated heterocycles. The highest BCUT2D eigenvalue weighted by molar-refractivity contribution is 4.95. The summed E-state index contributed by atoms with van der Waals surface area (Å²) >= 11 is 0. The second-order valence-corrected chi connectivity index (χ2v) is 4.97. The maximum atomic E-state index is 9.25. The zero-order chi connectivity index (χ0) is 13.1. The lowest BCUT2D eigenvalue weighted by Crippen LogP contribution is -2.36. The van der Waals surface area contributed by atoms with Crippen molar-refractivity contribution < 1.29 is 0 Å². The molecule has 0 aromatic heterocycles. The minimum atomic E-state index is -0.0332. The standard InChI is InChI=1S/C13H23N5/c14-11-13(16-9-6-10-17-18-15)12-7-4-2-1-3-5-8-12/h12-13,16H,1-10H2. The second-order valence-electron chi connectivity index (χ2n) is 4.97. The third-order valence-corrected chi connectivity index (χ3v) is 3.62. The number of azide groups is 1. The monoisotopic (exact) mass is 249 g/mol. The predicted octanol–water partition coefficient (Wildman–Crippen LogP) is 3.53. The molecule has 0 aromatic rings. The number of nitriles is 1. The third kappa shape index (κ3) is 5.90. The van der Waals surface area contributed by atoms with Crippen LogP contribution in [0.15, 0.2) is 5.11 Å². The highest BCUT2D eigenvalue weighted by Gasteiger charge is 2.20. The van der Waals surface area contributed by atoms with Gasteiger partial charge in [0, 0.05) is 11.5 Å². The molecule has 0 radical (unpaired) electrons. The first kappa shape index (κ1) is 14.8. The molecule has 100 valence electrons. The van der Waals surface area contributed by atoms with Gasteiger partial charge in [0.25, 0.3) is 0 Å². The predicted molar refractivity (Wildman–Crippen MR) is 71.8 cm³/mol. The SMILES string of the molecule is N#CC(NCCCN=[N+]=[N-])C1CCCCCCC1. The number of hydrogen-bond donors (Lipinski definition) is 1. The van der Waals surface area contributed by atoms with Gasteiger partial charge in [-0.25, -0.2) is 0 Å². The molecule has 1 N–H and O–H groups in total. The summed E-state index contributed by atoms with van der Waals surface area (Å²) in [5.41, 5.74) is 8.17. The third-order valence-electron chi connectivity index (χ3n) is 3.62. The van der Waals surface area contributed by atoms with E-state index in [1.165, 1.54) is 44.9 Å². The molecule has 1 unspecified atom stereocenters. The van der Waals surface area contributed by atoms with Gasteiger partial charge in [0.05, 0.1) is 12.1 Å². The quantitative estimate of drug-likeness (QED) is 0.338. The molecule has 0 bridgehead atoms. The molecule has 0 aliphatic heterocycles. The number of hydrogen-bond acceptors (Lipinski definition) is 3. The van der Waals surface area contributed by atoms with Gasteiger partial charge >= 0.3 is 0 Å². The van der Waals surface area contributed by atoms with Crippen molar-refractivity contribution in [2.75, 3.05) is 13.1 Å². The van der Waals surface area contributed by atoms with Crippen LogP contribution < -0.4 is 5.32 Å². The van der Waals surface area contributed by atoms with Crippen molar-refractivity contribution in [1.29, 1.82) is 5.26 Å². The van der Waals surface area contributed by atoms with E-state index in [1.807, 2.05) is 0 Å². The molecule has 1 fully saturated rings. The Bertz CT molecular complexity index is 295. The van der Waals surface area contributed by atoms with E-state index in [0.717, 1.165) is 13.0 Å². The van der Waals surface area contributed by atoms with Crippen LogP contribution in [0, 0.1) is 17.2 Å². The molecule has 1 rings (SSSR count). The van der Waals surface area contributed by atoms with Crippen LogP contribution in [0.4, 0.5) is 0 Å². The molecular weight excluding hydrogens is 226 g/mol. The van der Waals surface area contributed by atoms with E-state index in [-0.39, 0.29) is 6.04 Å². The van der Waals surface area contributed by atoms with Crippen LogP contribution in [-0.2, 0) is 0 Å². The zero-order valence-electron chi connectivity index (χ0n) is 11.0. The van der Waals surface area contributed by atoms with Crippen LogP contribution in [0.5, 0.6) is 0 Å². The summed E-state index contributed by atoms with van der Waals surface area (Å²) in [6.07, 6.45) is 9.62. The Labute approximate surface area is 109 Å². The fourth-order valence-electron chi connectivity index (χ4n) is 2.59. The normalized spacial score (nSPS) is 19.1. The van der Waals surface area contributed by atoms with E-state index < -0.39 is 0 Å². The smallest absolute Gasteiger partial charge is 0.0981 e. The van der Waals surface area contributed by atoms with Gasteiger partial charge in [0.15, 0.2) is 0 Å². The van der Waals surface area contributed by atoms with Gasteiger partial charge < -0.3 is 5.32 Å². The van der Waals surface area contributed by atoms with Crippen molar-refractivity contribution in [3.63, 3.8) is 0 Å². The van der Waals surface area contributed by atoms with Gasteiger partial charge in [-0.15, -0.1) is 0 Å². The molecule has 5 nitrogen and oxygen atoms in total. The van der Waals surface area contributed by atoms with Crippen molar-refractivity contribution in [1.82, 2.24) is 5.32 Å². The van der Waals surface area contributed by atoms with E-state index >= 15 is 0 Å². The molecule has 5 heteroatoms. The maximum absolute atomic E-state index is 9.25. The Hall–Kier alpha value is -1.24. The van der Waals surface area contributed by atoms with Crippen molar-refractivity contribution in [2.45, 2.75) is 57.4 Å². The van der Waals surface area contributed by atoms with E-state index in [1.54, 1.807) is 0 Å². The van der Waals surface area contributed by atoms with Crippen LogP contribution in [-0.4, -0.2) is 19.1 Å². The Morgan fingerprint density at radius 1 is 1.28 bits per heavy atom. The van der Waals surface area contributed by atoms with Crippen LogP contribution in [0.25, 0.3) is 10.4 Å². The molecule has 0 aromatic carbocycles. The summed E-state index contributed by atoms with van der Waals surface area (Å²) in [7, 11) is 0. The largest absolute Gasteiger partial charge is 0.302 e. The second kappa shape index (κ2) is 9.76. The first-order chi connectivity index (χ1) is 8.88. The van der Waals surface area contributed by atoms with Crippen LogP contribution in [0.3, 0.4) is 0 Å². The fraction of sp³-hybridized carbons (Fsp3) is 0.923. The van der Waals surface area contributed by atoms with Crippen LogP contribution in [0.1, 0.15) is 51.4 Å². The summed E-state index contributed by atoms with van der Waals surface area (Å²) in [4.78, 5) is 2.72. The van der Waals surface area contributed by atoms with E-state index in [9.17, 15) is 5.26 Å². The summed E-state index contributed by atoms with van der Waals surface area (Å²) in [6.45, 7) is 1.26. The molecule has 1 aliphatic rings. The first-order valence-corrected chi connectivity index (χ1v) is 7.02. The summed E-state index contributed by atoms with van der Waals surface area (Å²) in [5, 5.41) is 16.0. The Balaban J connectivity index is 2.29. The topological polar surface area (TPSA) is 84.6 Å². The van der Waals surface area contributed by atoms with Gasteiger partial charge in [-0.1, -0.05) is 37.2 Å². The van der Waals surface area contributed by atoms with Gasteiger partial charge in [-0.2, -0.15) is 5.26 Å². The highest BCUT2D eigenvalue weighted by atomic mass is 15.1. The molecule has 18 heavy (non-hydrogen) atoms. The molecule has 0 heterocycles. The van der Waals surface area contributed by atoms with Crippen LogP contribution >= 0.6 is 0 Å². The van der Waals surface area contributed by atoms with Gasteiger partial charge in [-0.3, -0.25) is 0 Å². The minimum absolute atomic E-state index is 0.0332. The van der Waals surface area contributed by atoms with Crippen molar-refractivity contribution in [3.05, 3.63) is 10.4 Å². The number of rotatable bonds is 6. The zero-order valence-corrected chi connectivity index (χ0v) is 11.0. The molecule has 1 atom stereocenters. The maximum Gasteiger partial charge on any atom is 0.0981 e. The average Bonchev–Trinajstić information content (AvgIpc) is 2.35. The van der Waals surface area contributed by atoms with E-state index in [4.69, 9.17) is 5.53 Å². The Morgan fingerprint density at radius 2 is 1.94 bits per heavy atom. The Kier molecular flexibility index (Phi) is 8.03. The molecule has 1 saturated carbocycles. The number of nitrogens with one attached hydrogen (secondary N) is 1.